The van der Waals surface area contributed by atoms with Crippen molar-refractivity contribution in [2.75, 3.05) is 0 Å². The summed E-state index contributed by atoms with van der Waals surface area (Å²) in [5, 5.41) is 9.25. The SMILES string of the molecule is CCCCCCCCC(CCCCCCCC)C(=O)O.[Zn]. The minimum absolute atomic E-state index is 0. The molecular weight excluding hydrogens is 314 g/mol. The van der Waals surface area contributed by atoms with Crippen molar-refractivity contribution in [2.45, 2.75) is 104 Å². The van der Waals surface area contributed by atoms with Crippen molar-refractivity contribution in [2.24, 2.45) is 5.92 Å². The van der Waals surface area contributed by atoms with E-state index in [1.807, 2.05) is 0 Å². The van der Waals surface area contributed by atoms with Crippen LogP contribution in [0, 0.1) is 5.92 Å². The predicted octanol–water partition coefficient (Wildman–Crippen LogP) is 6.19. The smallest absolute Gasteiger partial charge is 0.306 e. The van der Waals surface area contributed by atoms with E-state index < -0.39 is 5.97 Å². The molecule has 1 N–H and O–H groups in total. The Morgan fingerprint density at radius 1 is 0.714 bits per heavy atom. The third-order valence-corrected chi connectivity index (χ3v) is 4.16. The zero-order valence-corrected chi connectivity index (χ0v) is 17.5. The van der Waals surface area contributed by atoms with Crippen molar-refractivity contribution in [1.29, 1.82) is 0 Å². The van der Waals surface area contributed by atoms with E-state index in [1.165, 1.54) is 64.2 Å². The summed E-state index contributed by atoms with van der Waals surface area (Å²) in [6.07, 6.45) is 16.7. The number of hydrogen-bond donors (Lipinski definition) is 1. The normalized spacial score (nSPS) is 10.6. The topological polar surface area (TPSA) is 37.3 Å². The van der Waals surface area contributed by atoms with Crippen LogP contribution in [0.3, 0.4) is 0 Å². The number of carboxylic acid groups (broad SMARTS) is 1. The molecule has 122 valence electrons. The average Bonchev–Trinajstić information content (AvgIpc) is 2.43. The molecule has 0 spiro atoms. The second-order valence-corrected chi connectivity index (χ2v) is 6.15. The molecule has 0 aliphatic rings. The van der Waals surface area contributed by atoms with Gasteiger partial charge in [0.05, 0.1) is 5.92 Å². The standard InChI is InChI=1S/C18H36O2.Zn/c1-3-5-7-9-11-13-15-17(18(19)20)16-14-12-10-8-6-4-2;/h17H,3-16H2,1-2H3,(H,19,20);. The van der Waals surface area contributed by atoms with E-state index in [2.05, 4.69) is 13.8 Å². The van der Waals surface area contributed by atoms with Crippen molar-refractivity contribution in [3.05, 3.63) is 0 Å². The number of hydrogen-bond acceptors (Lipinski definition) is 1. The van der Waals surface area contributed by atoms with Crippen molar-refractivity contribution in [1.82, 2.24) is 0 Å². The molecule has 2 nitrogen and oxygen atoms in total. The van der Waals surface area contributed by atoms with Gasteiger partial charge in [-0.2, -0.15) is 0 Å². The molecule has 0 aromatic carbocycles. The van der Waals surface area contributed by atoms with Crippen LogP contribution in [0.2, 0.25) is 0 Å². The summed E-state index contributed by atoms with van der Waals surface area (Å²) in [4.78, 5) is 11.2. The van der Waals surface area contributed by atoms with Gasteiger partial charge in [0.1, 0.15) is 0 Å². The van der Waals surface area contributed by atoms with Crippen LogP contribution in [-0.2, 0) is 24.3 Å². The molecule has 0 aliphatic heterocycles. The van der Waals surface area contributed by atoms with E-state index in [4.69, 9.17) is 0 Å². The van der Waals surface area contributed by atoms with Crippen LogP contribution in [0.25, 0.3) is 0 Å². The molecule has 0 unspecified atom stereocenters. The predicted molar refractivity (Wildman–Crippen MR) is 87.1 cm³/mol. The molecule has 0 saturated carbocycles. The molecule has 0 atom stereocenters. The summed E-state index contributed by atoms with van der Waals surface area (Å²) in [5.74, 6) is -0.667. The van der Waals surface area contributed by atoms with E-state index in [0.717, 1.165) is 25.7 Å². The third-order valence-electron chi connectivity index (χ3n) is 4.16. The van der Waals surface area contributed by atoms with Gasteiger partial charge in [-0.05, 0) is 12.8 Å². The average molecular weight is 350 g/mol. The molecule has 0 fully saturated rings. The van der Waals surface area contributed by atoms with Gasteiger partial charge in [0.15, 0.2) is 0 Å². The fraction of sp³-hybridized carbons (Fsp3) is 0.944. The molecule has 0 radical (unpaired) electrons. The molecule has 0 aromatic heterocycles. The van der Waals surface area contributed by atoms with E-state index in [9.17, 15) is 9.90 Å². The number of aliphatic carboxylic acids is 1. The quantitative estimate of drug-likeness (QED) is 0.283. The minimum Gasteiger partial charge on any atom is -0.481 e. The summed E-state index contributed by atoms with van der Waals surface area (Å²) in [5.41, 5.74) is 0. The Morgan fingerprint density at radius 2 is 1.05 bits per heavy atom. The van der Waals surface area contributed by atoms with Gasteiger partial charge in [-0.15, -0.1) is 0 Å². The first-order valence-corrected chi connectivity index (χ1v) is 8.95. The van der Waals surface area contributed by atoms with Gasteiger partial charge in [0.25, 0.3) is 0 Å². The number of rotatable bonds is 15. The molecule has 0 amide bonds. The Hall–Kier alpha value is 0.0934. The van der Waals surface area contributed by atoms with Crippen molar-refractivity contribution >= 4 is 5.97 Å². The zero-order valence-electron chi connectivity index (χ0n) is 14.5. The van der Waals surface area contributed by atoms with Gasteiger partial charge < -0.3 is 5.11 Å². The Labute approximate surface area is 145 Å². The summed E-state index contributed by atoms with van der Waals surface area (Å²) in [6, 6.07) is 0. The molecule has 21 heavy (non-hydrogen) atoms. The minimum atomic E-state index is -0.577. The Balaban J connectivity index is 0. The maximum absolute atomic E-state index is 11.2. The summed E-state index contributed by atoms with van der Waals surface area (Å²) in [7, 11) is 0. The molecular formula is C18H36O2Zn. The first-order chi connectivity index (χ1) is 9.72. The number of carboxylic acids is 1. The number of unbranched alkanes of at least 4 members (excludes halogenated alkanes) is 10. The monoisotopic (exact) mass is 348 g/mol. The second kappa shape index (κ2) is 18.1. The summed E-state index contributed by atoms with van der Waals surface area (Å²) in [6.45, 7) is 4.45. The molecule has 0 saturated heterocycles. The van der Waals surface area contributed by atoms with Crippen molar-refractivity contribution in [3.63, 3.8) is 0 Å². The molecule has 3 heteroatoms. The fourth-order valence-corrected chi connectivity index (χ4v) is 2.73. The summed E-state index contributed by atoms with van der Waals surface area (Å²) < 4.78 is 0. The Kier molecular flexibility index (Phi) is 20.2. The van der Waals surface area contributed by atoms with Gasteiger partial charge >= 0.3 is 5.97 Å². The third kappa shape index (κ3) is 16.3. The van der Waals surface area contributed by atoms with Crippen LogP contribution < -0.4 is 0 Å². The molecule has 0 rings (SSSR count). The van der Waals surface area contributed by atoms with E-state index in [1.54, 1.807) is 0 Å². The molecule has 0 heterocycles. The fourth-order valence-electron chi connectivity index (χ4n) is 2.73. The van der Waals surface area contributed by atoms with Crippen LogP contribution in [0.4, 0.5) is 0 Å². The van der Waals surface area contributed by atoms with Crippen molar-refractivity contribution < 1.29 is 29.4 Å². The zero-order chi connectivity index (χ0) is 15.1. The van der Waals surface area contributed by atoms with Crippen LogP contribution >= 0.6 is 0 Å². The maximum atomic E-state index is 11.2. The van der Waals surface area contributed by atoms with Gasteiger partial charge in [-0.3, -0.25) is 4.79 Å². The van der Waals surface area contributed by atoms with Crippen LogP contribution in [0.5, 0.6) is 0 Å². The van der Waals surface area contributed by atoms with Crippen molar-refractivity contribution in [3.8, 4) is 0 Å². The van der Waals surface area contributed by atoms with Crippen LogP contribution in [0.15, 0.2) is 0 Å². The second-order valence-electron chi connectivity index (χ2n) is 6.15. The van der Waals surface area contributed by atoms with E-state index in [-0.39, 0.29) is 25.4 Å². The van der Waals surface area contributed by atoms with Gasteiger partial charge in [0, 0.05) is 19.5 Å². The molecule has 0 bridgehead atoms. The largest absolute Gasteiger partial charge is 0.481 e. The number of carbonyl (C=O) groups is 1. The van der Waals surface area contributed by atoms with E-state index in [0.29, 0.717) is 0 Å². The first-order valence-electron chi connectivity index (χ1n) is 8.95. The summed E-state index contributed by atoms with van der Waals surface area (Å²) >= 11 is 0. The molecule has 0 aromatic rings. The van der Waals surface area contributed by atoms with Crippen LogP contribution in [0.1, 0.15) is 104 Å². The van der Waals surface area contributed by atoms with E-state index >= 15 is 0 Å². The maximum Gasteiger partial charge on any atom is 0.306 e. The Bertz CT molecular complexity index is 203. The van der Waals surface area contributed by atoms with Crippen LogP contribution in [-0.4, -0.2) is 11.1 Å². The molecule has 0 aliphatic carbocycles. The van der Waals surface area contributed by atoms with Gasteiger partial charge in [-0.1, -0.05) is 90.9 Å². The Morgan fingerprint density at radius 3 is 1.38 bits per heavy atom. The van der Waals surface area contributed by atoms with Gasteiger partial charge in [0.2, 0.25) is 0 Å². The first kappa shape index (κ1) is 23.4. The van der Waals surface area contributed by atoms with Gasteiger partial charge in [-0.25, -0.2) is 0 Å².